The summed E-state index contributed by atoms with van der Waals surface area (Å²) in [7, 11) is 9.76. The summed E-state index contributed by atoms with van der Waals surface area (Å²) in [6.07, 6.45) is 2.21. The minimum absolute atomic E-state index is 0.00600. The predicted molar refractivity (Wildman–Crippen MR) is 184 cm³/mol. The normalized spacial score (nSPS) is 20.2. The lowest BCUT2D eigenvalue weighted by Crippen LogP contribution is -2.47. The molecule has 11 heteroatoms. The highest BCUT2D eigenvalue weighted by Crippen LogP contribution is 2.47. The Balaban J connectivity index is 1.36. The number of rotatable bonds is 10. The zero-order valence-corrected chi connectivity index (χ0v) is 28.8. The molecular formula is C38H44N2O9. The highest BCUT2D eigenvalue weighted by Gasteiger charge is 2.35. The lowest BCUT2D eigenvalue weighted by atomic mass is 9.88. The summed E-state index contributed by atoms with van der Waals surface area (Å²) >= 11 is 0. The number of benzene rings is 4. The molecule has 0 spiro atoms. The first-order valence-electron chi connectivity index (χ1n) is 16.3. The van der Waals surface area contributed by atoms with Crippen LogP contribution in [-0.2, 0) is 25.7 Å². The average molecular weight is 673 g/mol. The van der Waals surface area contributed by atoms with E-state index < -0.39 is 10.7 Å². The molecule has 4 aromatic carbocycles. The van der Waals surface area contributed by atoms with Crippen LogP contribution in [0, 0.1) is 5.21 Å². The van der Waals surface area contributed by atoms with Crippen molar-refractivity contribution in [1.82, 2.24) is 4.90 Å². The van der Waals surface area contributed by atoms with Gasteiger partial charge in [-0.05, 0) is 84.6 Å². The fraction of sp³-hybridized carbons (Fsp3) is 0.368. The van der Waals surface area contributed by atoms with Crippen LogP contribution in [0.5, 0.6) is 51.7 Å². The van der Waals surface area contributed by atoms with Gasteiger partial charge in [-0.15, -0.1) is 0 Å². The van der Waals surface area contributed by atoms with Crippen molar-refractivity contribution in [1.29, 1.82) is 0 Å². The summed E-state index contributed by atoms with van der Waals surface area (Å²) in [5.41, 5.74) is 5.37. The number of phenolic OH excluding ortho intramolecular Hbond substituents is 3. The number of hydroxylamine groups is 3. The summed E-state index contributed by atoms with van der Waals surface area (Å²) in [5.74, 6) is 2.00. The Morgan fingerprint density at radius 1 is 0.735 bits per heavy atom. The Bertz CT molecular complexity index is 1860. The maximum Gasteiger partial charge on any atom is 0.201 e. The molecule has 49 heavy (non-hydrogen) atoms. The summed E-state index contributed by atoms with van der Waals surface area (Å²) in [4.78, 5) is 2.22. The number of ether oxygens (including phenoxy) is 5. The van der Waals surface area contributed by atoms with Crippen molar-refractivity contribution in [2.45, 2.75) is 37.8 Å². The van der Waals surface area contributed by atoms with E-state index in [4.69, 9.17) is 23.7 Å². The number of likely N-dealkylation sites (N-methyl/N-ethyl adjacent to an activating group) is 2. The van der Waals surface area contributed by atoms with E-state index in [-0.39, 0.29) is 34.8 Å². The van der Waals surface area contributed by atoms with Gasteiger partial charge < -0.3 is 48.9 Å². The number of phenols is 3. The van der Waals surface area contributed by atoms with Crippen LogP contribution >= 0.6 is 0 Å². The van der Waals surface area contributed by atoms with Crippen molar-refractivity contribution in [3.05, 3.63) is 93.2 Å². The number of fused-ring (bicyclic) bond motifs is 2. The molecular weight excluding hydrogens is 628 g/mol. The Kier molecular flexibility index (Phi) is 9.43. The second kappa shape index (κ2) is 13.6. The minimum Gasteiger partial charge on any atom is -0.633 e. The van der Waals surface area contributed by atoms with E-state index in [1.54, 1.807) is 38.4 Å². The third kappa shape index (κ3) is 6.49. The van der Waals surface area contributed by atoms with E-state index in [0.29, 0.717) is 48.8 Å². The molecule has 0 aromatic heterocycles. The third-order valence-corrected chi connectivity index (χ3v) is 10.0. The van der Waals surface area contributed by atoms with Crippen LogP contribution in [0.4, 0.5) is 0 Å². The Morgan fingerprint density at radius 2 is 1.35 bits per heavy atom. The Hall–Kier alpha value is -4.84. The maximum atomic E-state index is 13.8. The highest BCUT2D eigenvalue weighted by molar-refractivity contribution is 5.59. The van der Waals surface area contributed by atoms with Gasteiger partial charge in [-0.3, -0.25) is 4.90 Å². The first kappa shape index (κ1) is 34.0. The van der Waals surface area contributed by atoms with Crippen LogP contribution in [0.1, 0.15) is 45.5 Å². The van der Waals surface area contributed by atoms with Crippen molar-refractivity contribution in [2.75, 3.05) is 55.6 Å². The molecule has 6 rings (SSSR count). The van der Waals surface area contributed by atoms with Gasteiger partial charge in [0.05, 0.1) is 42.0 Å². The van der Waals surface area contributed by atoms with E-state index in [9.17, 15) is 20.5 Å². The molecule has 0 amide bonds. The smallest absolute Gasteiger partial charge is 0.201 e. The van der Waals surface area contributed by atoms with E-state index in [2.05, 4.69) is 4.90 Å². The van der Waals surface area contributed by atoms with Crippen molar-refractivity contribution in [2.24, 2.45) is 0 Å². The molecule has 2 aliphatic rings. The fourth-order valence-electron chi connectivity index (χ4n) is 7.19. The standard InChI is InChI=1S/C38H44N2O9/c1-39-13-11-23-18-34(47-5)30(41)20-26(23)28(39)17-25-8-10-33(46-4)37(43)38(25)49-36-16-22(7-9-32(36)45-3)15-29-27-21-31(42)35(48-6)19-24(27)12-14-40(29,2)44/h7-10,16,18-21,28-29,41-43H,11-15,17H2,1-6H3/t28-,29-,40+/m0/s1. The number of aromatic hydroxyl groups is 3. The number of hydrogen-bond donors (Lipinski definition) is 3. The summed E-state index contributed by atoms with van der Waals surface area (Å²) in [6.45, 7) is 1.18. The molecule has 0 radical (unpaired) electrons. The molecule has 11 nitrogen and oxygen atoms in total. The number of quaternary nitrogens is 1. The number of nitrogens with zero attached hydrogens (tertiary/aromatic N) is 2. The first-order chi connectivity index (χ1) is 23.5. The van der Waals surface area contributed by atoms with Gasteiger partial charge >= 0.3 is 0 Å². The molecule has 0 unspecified atom stereocenters. The second-order valence-electron chi connectivity index (χ2n) is 13.0. The average Bonchev–Trinajstić information content (AvgIpc) is 3.08. The van der Waals surface area contributed by atoms with Crippen LogP contribution < -0.4 is 23.7 Å². The zero-order chi connectivity index (χ0) is 35.0. The van der Waals surface area contributed by atoms with Gasteiger partial charge in [0.1, 0.15) is 6.04 Å². The Labute approximate surface area is 286 Å². The summed E-state index contributed by atoms with van der Waals surface area (Å²) < 4.78 is 27.9. The molecule has 0 aliphatic carbocycles. The van der Waals surface area contributed by atoms with Gasteiger partial charge in [0.2, 0.25) is 5.75 Å². The van der Waals surface area contributed by atoms with Crippen LogP contribution in [-0.4, -0.2) is 80.5 Å². The van der Waals surface area contributed by atoms with E-state index in [0.717, 1.165) is 46.3 Å². The Morgan fingerprint density at radius 3 is 2.00 bits per heavy atom. The monoisotopic (exact) mass is 672 g/mol. The SMILES string of the molecule is COc1cc2c(cc1O)[C@H](Cc1ccc(OC)c(O)c1Oc1cc(C[C@H]3c4cc(O)c(OC)cc4CC[N@@+]3(C)[O-])ccc1OC)N(C)CC2. The van der Waals surface area contributed by atoms with Gasteiger partial charge in [-0.25, -0.2) is 0 Å². The maximum absolute atomic E-state index is 13.8. The molecule has 0 saturated heterocycles. The van der Waals surface area contributed by atoms with Crippen molar-refractivity contribution in [3.8, 4) is 51.7 Å². The molecule has 0 bridgehead atoms. The lowest BCUT2D eigenvalue weighted by Gasteiger charge is -2.49. The van der Waals surface area contributed by atoms with E-state index >= 15 is 0 Å². The van der Waals surface area contributed by atoms with Crippen molar-refractivity contribution < 1.29 is 43.7 Å². The number of hydrogen-bond acceptors (Lipinski definition) is 10. The summed E-state index contributed by atoms with van der Waals surface area (Å²) in [5, 5.41) is 46.5. The molecule has 3 N–H and O–H groups in total. The van der Waals surface area contributed by atoms with Crippen LogP contribution in [0.3, 0.4) is 0 Å². The van der Waals surface area contributed by atoms with Gasteiger partial charge in [0, 0.05) is 36.6 Å². The number of methoxy groups -OCH3 is 4. The predicted octanol–water partition coefficient (Wildman–Crippen LogP) is 6.19. The highest BCUT2D eigenvalue weighted by atomic mass is 16.5. The quantitative estimate of drug-likeness (QED) is 0.132. The second-order valence-corrected chi connectivity index (χ2v) is 13.0. The molecule has 2 aliphatic heterocycles. The van der Waals surface area contributed by atoms with Gasteiger partial charge in [0.25, 0.3) is 0 Å². The van der Waals surface area contributed by atoms with Gasteiger partial charge in [-0.2, -0.15) is 0 Å². The zero-order valence-electron chi connectivity index (χ0n) is 28.8. The summed E-state index contributed by atoms with van der Waals surface area (Å²) in [6, 6.07) is 15.6. The molecule has 0 fully saturated rings. The molecule has 260 valence electrons. The van der Waals surface area contributed by atoms with Crippen molar-refractivity contribution >= 4 is 0 Å². The van der Waals surface area contributed by atoms with Gasteiger partial charge in [0.15, 0.2) is 46.0 Å². The van der Waals surface area contributed by atoms with Gasteiger partial charge in [-0.1, -0.05) is 12.1 Å². The third-order valence-electron chi connectivity index (χ3n) is 10.0. The lowest BCUT2D eigenvalue weighted by molar-refractivity contribution is -0.894. The van der Waals surface area contributed by atoms with Crippen LogP contribution in [0.25, 0.3) is 0 Å². The fourth-order valence-corrected chi connectivity index (χ4v) is 7.19. The minimum atomic E-state index is -0.500. The molecule has 3 atom stereocenters. The van der Waals surface area contributed by atoms with Crippen molar-refractivity contribution in [3.63, 3.8) is 0 Å². The van der Waals surface area contributed by atoms with Crippen LogP contribution in [0.15, 0.2) is 54.6 Å². The van der Waals surface area contributed by atoms with E-state index in [1.807, 2.05) is 37.4 Å². The molecule has 2 heterocycles. The topological polar surface area (TPSA) is 133 Å². The van der Waals surface area contributed by atoms with E-state index in [1.165, 1.54) is 21.3 Å². The van der Waals surface area contributed by atoms with Crippen LogP contribution in [0.2, 0.25) is 0 Å². The largest absolute Gasteiger partial charge is 0.633 e. The molecule has 4 aromatic rings. The first-order valence-corrected chi connectivity index (χ1v) is 16.3. The molecule has 0 saturated carbocycles.